The van der Waals surface area contributed by atoms with E-state index in [1.165, 1.54) is 6.92 Å². The van der Waals surface area contributed by atoms with Crippen LogP contribution in [0.5, 0.6) is 0 Å². The van der Waals surface area contributed by atoms with Crippen LogP contribution in [0.25, 0.3) is 0 Å². The van der Waals surface area contributed by atoms with Crippen LogP contribution in [-0.4, -0.2) is 18.4 Å². The molecule has 0 aliphatic carbocycles. The number of esters is 1. The third kappa shape index (κ3) is 5.00. The molecule has 0 N–H and O–H groups in total. The first-order chi connectivity index (χ1) is 4.59. The van der Waals surface area contributed by atoms with Gasteiger partial charge in [-0.3, -0.25) is 9.59 Å². The second-order valence-corrected chi connectivity index (χ2v) is 1.51. The van der Waals surface area contributed by atoms with E-state index in [-0.39, 0.29) is 6.61 Å². The van der Waals surface area contributed by atoms with Crippen molar-refractivity contribution in [2.24, 2.45) is 0 Å². The molecule has 0 fully saturated rings. The van der Waals surface area contributed by atoms with Crippen LogP contribution in [0.15, 0.2) is 0 Å². The van der Waals surface area contributed by atoms with Crippen LogP contribution in [0.3, 0.4) is 0 Å². The summed E-state index contributed by atoms with van der Waals surface area (Å²) in [7, 11) is 0. The van der Waals surface area contributed by atoms with Crippen molar-refractivity contribution in [3.63, 3.8) is 0 Å². The van der Waals surface area contributed by atoms with Crippen molar-refractivity contribution in [2.45, 2.75) is 20.2 Å². The molecule has 52 valence electrons. The minimum Gasteiger partial charge on any atom is -0.466 e. The molecule has 0 rings (SSSR count). The average Bonchev–Trinajstić information content (AvgIpc) is 1.87. The van der Waals surface area contributed by atoms with Crippen molar-refractivity contribution in [2.75, 3.05) is 6.61 Å². The number of carbonyl (C=O) groups excluding carboxylic acids is 2. The summed E-state index contributed by atoms with van der Waals surface area (Å²) in [6, 6.07) is 0. The van der Waals surface area contributed by atoms with Crippen LogP contribution >= 0.6 is 0 Å². The maximum absolute atomic E-state index is 10.6. The first-order valence-corrected chi connectivity index (χ1v) is 2.69. The van der Waals surface area contributed by atoms with Crippen LogP contribution in [0, 0.1) is 0 Å². The zero-order valence-electron chi connectivity index (χ0n) is 6.51. The molecule has 0 aromatic rings. The predicted molar refractivity (Wildman–Crippen MR) is 31.9 cm³/mol. The third-order valence-corrected chi connectivity index (χ3v) is 0.608. The Balaban J connectivity index is 3.82. The molecule has 9 heavy (non-hydrogen) atoms. The van der Waals surface area contributed by atoms with Gasteiger partial charge >= 0.3 is 5.97 Å². The lowest BCUT2D eigenvalue weighted by atomic mass is 10.3. The molecular formula is C6H10O3. The van der Waals surface area contributed by atoms with E-state index < -0.39 is 18.1 Å². The van der Waals surface area contributed by atoms with Crippen LogP contribution in [0.2, 0.25) is 0 Å². The molecule has 0 bridgehead atoms. The zero-order chi connectivity index (χ0) is 8.15. The van der Waals surface area contributed by atoms with Gasteiger partial charge in [-0.15, -0.1) is 0 Å². The van der Waals surface area contributed by atoms with Crippen LogP contribution < -0.4 is 0 Å². The van der Waals surface area contributed by atoms with Crippen LogP contribution in [-0.2, 0) is 14.3 Å². The Labute approximate surface area is 55.4 Å². The Morgan fingerprint density at radius 1 is 1.67 bits per heavy atom. The minimum absolute atomic E-state index is 0.210. The highest BCUT2D eigenvalue weighted by Crippen LogP contribution is 1.86. The molecule has 0 aliphatic rings. The van der Waals surface area contributed by atoms with Gasteiger partial charge in [0, 0.05) is 1.37 Å². The fourth-order valence-corrected chi connectivity index (χ4v) is 0.350. The highest BCUT2D eigenvalue weighted by atomic mass is 16.5. The molecule has 1 atom stereocenters. The number of ketones is 1. The van der Waals surface area contributed by atoms with Gasteiger partial charge in [0.15, 0.2) is 0 Å². The largest absolute Gasteiger partial charge is 0.466 e. The van der Waals surface area contributed by atoms with E-state index in [1.807, 2.05) is 0 Å². The molecule has 0 aromatic heterocycles. The second kappa shape index (κ2) is 4.06. The summed E-state index contributed by atoms with van der Waals surface area (Å²) in [6.45, 7) is 3.03. The molecule has 0 heterocycles. The van der Waals surface area contributed by atoms with E-state index in [4.69, 9.17) is 1.37 Å². The lowest BCUT2D eigenvalue weighted by Gasteiger charge is -1.96. The topological polar surface area (TPSA) is 43.4 Å². The van der Waals surface area contributed by atoms with Gasteiger partial charge in [0.05, 0.1) is 6.61 Å². The Morgan fingerprint density at radius 2 is 2.22 bits per heavy atom. The normalized spacial score (nSPS) is 13.8. The fourth-order valence-electron chi connectivity index (χ4n) is 0.350. The molecular weight excluding hydrogens is 120 g/mol. The highest BCUT2D eigenvalue weighted by molar-refractivity contribution is 5.94. The second-order valence-electron chi connectivity index (χ2n) is 1.51. The Bertz CT molecular complexity index is 144. The van der Waals surface area contributed by atoms with Gasteiger partial charge < -0.3 is 4.74 Å². The lowest BCUT2D eigenvalue weighted by molar-refractivity contribution is -0.145. The summed E-state index contributed by atoms with van der Waals surface area (Å²) in [5.41, 5.74) is 0. The Morgan fingerprint density at radius 3 is 2.56 bits per heavy atom. The molecule has 0 amide bonds. The zero-order valence-corrected chi connectivity index (χ0v) is 5.51. The van der Waals surface area contributed by atoms with Gasteiger partial charge in [-0.1, -0.05) is 0 Å². The average molecular weight is 131 g/mol. The number of ether oxygens (including phenoxy) is 1. The summed E-state index contributed by atoms with van der Waals surface area (Å²) in [5, 5.41) is 0. The van der Waals surface area contributed by atoms with Gasteiger partial charge in [-0.2, -0.15) is 0 Å². The van der Waals surface area contributed by atoms with E-state index in [1.54, 1.807) is 6.92 Å². The summed E-state index contributed by atoms with van der Waals surface area (Å²) < 4.78 is 11.3. The lowest BCUT2D eigenvalue weighted by Crippen LogP contribution is -2.07. The van der Waals surface area contributed by atoms with E-state index in [0.717, 1.165) is 0 Å². The van der Waals surface area contributed by atoms with Crippen molar-refractivity contribution in [1.82, 2.24) is 0 Å². The maximum atomic E-state index is 10.6. The van der Waals surface area contributed by atoms with Crippen molar-refractivity contribution in [3.05, 3.63) is 0 Å². The first kappa shape index (κ1) is 6.26. The van der Waals surface area contributed by atoms with Gasteiger partial charge in [0.1, 0.15) is 12.2 Å². The molecule has 0 aromatic carbocycles. The number of hydrogen-bond acceptors (Lipinski definition) is 3. The molecule has 1 unspecified atom stereocenters. The van der Waals surface area contributed by atoms with E-state index in [0.29, 0.717) is 0 Å². The minimum atomic E-state index is -1.36. The van der Waals surface area contributed by atoms with Gasteiger partial charge in [-0.25, -0.2) is 0 Å². The first-order valence-electron chi connectivity index (χ1n) is 3.26. The molecule has 3 nitrogen and oxygen atoms in total. The predicted octanol–water partition coefficient (Wildman–Crippen LogP) is 0.529. The Hall–Kier alpha value is -0.860. The van der Waals surface area contributed by atoms with Crippen molar-refractivity contribution >= 4 is 11.8 Å². The quantitative estimate of drug-likeness (QED) is 0.414. The van der Waals surface area contributed by atoms with Gasteiger partial charge in [0.25, 0.3) is 0 Å². The monoisotopic (exact) mass is 131 g/mol. The van der Waals surface area contributed by atoms with Gasteiger partial charge in [-0.05, 0) is 13.8 Å². The summed E-state index contributed by atoms with van der Waals surface area (Å²) >= 11 is 0. The summed E-state index contributed by atoms with van der Waals surface area (Å²) in [5.74, 6) is -1.26. The number of carbonyl (C=O) groups is 2. The smallest absolute Gasteiger partial charge is 0.313 e. The third-order valence-electron chi connectivity index (χ3n) is 0.608. The standard InChI is InChI=1S/C6H10O3/c1-3-9-6(8)4-5(2)7/h3-4H2,1-2H3/i4D. The number of rotatable bonds is 3. The van der Waals surface area contributed by atoms with Crippen molar-refractivity contribution in [1.29, 1.82) is 0 Å². The van der Waals surface area contributed by atoms with Crippen molar-refractivity contribution in [3.8, 4) is 0 Å². The molecule has 0 saturated carbocycles. The molecule has 0 radical (unpaired) electrons. The van der Waals surface area contributed by atoms with E-state index >= 15 is 0 Å². The highest BCUT2D eigenvalue weighted by Gasteiger charge is 2.03. The van der Waals surface area contributed by atoms with E-state index in [9.17, 15) is 9.59 Å². The van der Waals surface area contributed by atoms with Crippen LogP contribution in [0.4, 0.5) is 0 Å². The molecule has 3 heteroatoms. The molecule has 0 saturated heterocycles. The van der Waals surface area contributed by atoms with Crippen molar-refractivity contribution < 1.29 is 15.7 Å². The summed E-state index contributed by atoms with van der Waals surface area (Å²) in [6.07, 6.45) is -1.36. The fraction of sp³-hybridized carbons (Fsp3) is 0.667. The maximum Gasteiger partial charge on any atom is 0.313 e. The molecule has 0 aliphatic heterocycles. The number of Topliss-reactive ketones (excluding diaryl/α,β-unsaturated/α-hetero) is 1. The molecule has 0 spiro atoms. The van der Waals surface area contributed by atoms with Crippen LogP contribution in [0.1, 0.15) is 21.6 Å². The van der Waals surface area contributed by atoms with E-state index in [2.05, 4.69) is 4.74 Å². The number of hydrogen-bond donors (Lipinski definition) is 0. The SMILES string of the molecule is [2H]C(C(C)=O)C(=O)OCC. The van der Waals surface area contributed by atoms with Gasteiger partial charge in [0.2, 0.25) is 0 Å². The summed E-state index contributed by atoms with van der Waals surface area (Å²) in [4.78, 5) is 20.9. The Kier molecular flexibility index (Phi) is 2.83.